The summed E-state index contributed by atoms with van der Waals surface area (Å²) in [5.74, 6) is 1.16. The maximum atomic E-state index is 12.4. The quantitative estimate of drug-likeness (QED) is 0.796. The first-order chi connectivity index (χ1) is 7.99. The molecule has 3 heteroatoms. The number of nitrogens with one attached hydrogen (secondary N) is 1. The molecule has 0 aliphatic carbocycles. The topological polar surface area (TPSA) is 32.3 Å². The Balaban J connectivity index is 1.90. The van der Waals surface area contributed by atoms with Gasteiger partial charge in [-0.05, 0) is 43.7 Å². The highest BCUT2D eigenvalue weighted by Gasteiger charge is 2.33. The maximum absolute atomic E-state index is 12.4. The van der Waals surface area contributed by atoms with Crippen molar-refractivity contribution in [1.82, 2.24) is 10.2 Å². The molecule has 2 aliphatic rings. The number of likely N-dealkylation sites (tertiary alicyclic amines) is 1. The fourth-order valence-corrected chi connectivity index (χ4v) is 2.80. The van der Waals surface area contributed by atoms with Gasteiger partial charge in [0.15, 0.2) is 0 Å². The van der Waals surface area contributed by atoms with Crippen LogP contribution in [0.1, 0.15) is 40.0 Å². The molecule has 2 rings (SSSR count). The molecule has 1 unspecified atom stereocenters. The molecule has 0 radical (unpaired) electrons. The van der Waals surface area contributed by atoms with Crippen molar-refractivity contribution in [2.24, 2.45) is 17.3 Å². The molecule has 2 aliphatic heterocycles. The molecular formula is C14H26N2O. The van der Waals surface area contributed by atoms with Gasteiger partial charge in [-0.3, -0.25) is 4.79 Å². The van der Waals surface area contributed by atoms with Crippen LogP contribution in [0.15, 0.2) is 0 Å². The Hall–Kier alpha value is -0.570. The lowest BCUT2D eigenvalue weighted by Gasteiger charge is -2.35. The summed E-state index contributed by atoms with van der Waals surface area (Å²) in [4.78, 5) is 14.5. The Morgan fingerprint density at radius 1 is 1.29 bits per heavy atom. The summed E-state index contributed by atoms with van der Waals surface area (Å²) in [6.45, 7) is 10.7. The second kappa shape index (κ2) is 4.97. The summed E-state index contributed by atoms with van der Waals surface area (Å²) >= 11 is 0. The normalized spacial score (nSPS) is 27.1. The van der Waals surface area contributed by atoms with Crippen molar-refractivity contribution < 1.29 is 4.79 Å². The summed E-state index contributed by atoms with van der Waals surface area (Å²) in [5.41, 5.74) is 0.413. The van der Waals surface area contributed by atoms with Gasteiger partial charge in [-0.25, -0.2) is 0 Å². The minimum atomic E-state index is 0.206. The third-order valence-corrected chi connectivity index (χ3v) is 4.56. The molecule has 0 aromatic carbocycles. The second-order valence-electron chi connectivity index (χ2n) is 6.55. The van der Waals surface area contributed by atoms with E-state index in [4.69, 9.17) is 0 Å². The minimum Gasteiger partial charge on any atom is -0.342 e. The molecule has 17 heavy (non-hydrogen) atoms. The van der Waals surface area contributed by atoms with Crippen LogP contribution >= 0.6 is 0 Å². The van der Waals surface area contributed by atoms with E-state index in [9.17, 15) is 4.79 Å². The van der Waals surface area contributed by atoms with Gasteiger partial charge in [-0.15, -0.1) is 0 Å². The molecule has 0 aromatic heterocycles. The lowest BCUT2D eigenvalue weighted by molar-refractivity contribution is -0.137. The van der Waals surface area contributed by atoms with E-state index in [1.165, 1.54) is 6.42 Å². The molecule has 2 heterocycles. The monoisotopic (exact) mass is 238 g/mol. The highest BCUT2D eigenvalue weighted by molar-refractivity contribution is 5.79. The van der Waals surface area contributed by atoms with Crippen LogP contribution in [-0.4, -0.2) is 37.0 Å². The molecule has 98 valence electrons. The average Bonchev–Trinajstić information content (AvgIpc) is 2.35. The first-order valence-electron chi connectivity index (χ1n) is 6.99. The SMILES string of the molecule is CC(C(=O)N1CCCC(C)(C)CC1)C1CNC1. The Morgan fingerprint density at radius 3 is 2.59 bits per heavy atom. The molecular weight excluding hydrogens is 212 g/mol. The summed E-state index contributed by atoms with van der Waals surface area (Å²) in [6.07, 6.45) is 3.55. The standard InChI is InChI=1S/C14H26N2O/c1-11(12-9-15-10-12)13(17)16-7-4-5-14(2,3)6-8-16/h11-12,15H,4-10H2,1-3H3. The van der Waals surface area contributed by atoms with Crippen molar-refractivity contribution >= 4 is 5.91 Å². The van der Waals surface area contributed by atoms with Crippen molar-refractivity contribution in [3.05, 3.63) is 0 Å². The van der Waals surface area contributed by atoms with Gasteiger partial charge in [0.2, 0.25) is 5.91 Å². The fraction of sp³-hybridized carbons (Fsp3) is 0.929. The molecule has 1 N–H and O–H groups in total. The third kappa shape index (κ3) is 3.01. The molecule has 2 fully saturated rings. The lowest BCUT2D eigenvalue weighted by Crippen LogP contribution is -2.50. The number of carbonyl (C=O) groups excluding carboxylic acids is 1. The van der Waals surface area contributed by atoms with Crippen molar-refractivity contribution in [3.8, 4) is 0 Å². The van der Waals surface area contributed by atoms with Gasteiger partial charge < -0.3 is 10.2 Å². The van der Waals surface area contributed by atoms with Crippen molar-refractivity contribution in [1.29, 1.82) is 0 Å². The van der Waals surface area contributed by atoms with Crippen LogP contribution in [0.2, 0.25) is 0 Å². The van der Waals surface area contributed by atoms with E-state index in [1.807, 2.05) is 0 Å². The summed E-state index contributed by atoms with van der Waals surface area (Å²) < 4.78 is 0. The average molecular weight is 238 g/mol. The number of amides is 1. The van der Waals surface area contributed by atoms with E-state index in [-0.39, 0.29) is 5.92 Å². The molecule has 0 bridgehead atoms. The number of hydrogen-bond acceptors (Lipinski definition) is 2. The van der Waals surface area contributed by atoms with Crippen LogP contribution in [0.5, 0.6) is 0 Å². The minimum absolute atomic E-state index is 0.206. The van der Waals surface area contributed by atoms with E-state index in [2.05, 4.69) is 31.0 Å². The smallest absolute Gasteiger partial charge is 0.225 e. The van der Waals surface area contributed by atoms with E-state index < -0.39 is 0 Å². The van der Waals surface area contributed by atoms with Gasteiger partial charge >= 0.3 is 0 Å². The number of nitrogens with zero attached hydrogens (tertiary/aromatic N) is 1. The van der Waals surface area contributed by atoms with Gasteiger partial charge in [-0.2, -0.15) is 0 Å². The summed E-state index contributed by atoms with van der Waals surface area (Å²) in [7, 11) is 0. The van der Waals surface area contributed by atoms with E-state index in [0.717, 1.165) is 39.0 Å². The van der Waals surface area contributed by atoms with Crippen LogP contribution in [-0.2, 0) is 4.79 Å². The van der Waals surface area contributed by atoms with E-state index in [1.54, 1.807) is 0 Å². The number of carbonyl (C=O) groups is 1. The van der Waals surface area contributed by atoms with Crippen molar-refractivity contribution in [2.45, 2.75) is 40.0 Å². The predicted octanol–water partition coefficient (Wildman–Crippen LogP) is 1.88. The predicted molar refractivity (Wildman–Crippen MR) is 69.7 cm³/mol. The molecule has 1 amide bonds. The van der Waals surface area contributed by atoms with Gasteiger partial charge in [-0.1, -0.05) is 20.8 Å². The molecule has 3 nitrogen and oxygen atoms in total. The Bertz CT molecular complexity index is 284. The fourth-order valence-electron chi connectivity index (χ4n) is 2.80. The van der Waals surface area contributed by atoms with Crippen molar-refractivity contribution in [3.63, 3.8) is 0 Å². The van der Waals surface area contributed by atoms with Crippen LogP contribution < -0.4 is 5.32 Å². The summed E-state index contributed by atoms with van der Waals surface area (Å²) in [5, 5.41) is 3.25. The molecule has 2 saturated heterocycles. The zero-order chi connectivity index (χ0) is 12.5. The highest BCUT2D eigenvalue weighted by atomic mass is 16.2. The number of rotatable bonds is 2. The first kappa shape index (κ1) is 12.9. The van der Waals surface area contributed by atoms with Gasteiger partial charge in [0.1, 0.15) is 0 Å². The summed E-state index contributed by atoms with van der Waals surface area (Å²) in [6, 6.07) is 0. The van der Waals surface area contributed by atoms with E-state index in [0.29, 0.717) is 17.2 Å². The van der Waals surface area contributed by atoms with Gasteiger partial charge in [0.05, 0.1) is 0 Å². The Labute approximate surface area is 105 Å². The van der Waals surface area contributed by atoms with Crippen LogP contribution in [0, 0.1) is 17.3 Å². The zero-order valence-corrected chi connectivity index (χ0v) is 11.5. The van der Waals surface area contributed by atoms with E-state index >= 15 is 0 Å². The third-order valence-electron chi connectivity index (χ3n) is 4.56. The lowest BCUT2D eigenvalue weighted by atomic mass is 9.85. The van der Waals surface area contributed by atoms with Crippen molar-refractivity contribution in [2.75, 3.05) is 26.2 Å². The Kier molecular flexibility index (Phi) is 3.76. The van der Waals surface area contributed by atoms with Gasteiger partial charge in [0, 0.05) is 19.0 Å². The Morgan fingerprint density at radius 2 is 2.00 bits per heavy atom. The second-order valence-corrected chi connectivity index (χ2v) is 6.55. The van der Waals surface area contributed by atoms with Crippen LogP contribution in [0.25, 0.3) is 0 Å². The van der Waals surface area contributed by atoms with Crippen LogP contribution in [0.4, 0.5) is 0 Å². The molecule has 0 spiro atoms. The largest absolute Gasteiger partial charge is 0.342 e. The first-order valence-corrected chi connectivity index (χ1v) is 6.99. The highest BCUT2D eigenvalue weighted by Crippen LogP contribution is 2.30. The zero-order valence-electron chi connectivity index (χ0n) is 11.5. The maximum Gasteiger partial charge on any atom is 0.225 e. The molecule has 1 atom stereocenters. The number of hydrogen-bond donors (Lipinski definition) is 1. The van der Waals surface area contributed by atoms with Gasteiger partial charge in [0.25, 0.3) is 0 Å². The molecule has 0 aromatic rings. The van der Waals surface area contributed by atoms with Crippen LogP contribution in [0.3, 0.4) is 0 Å². The molecule has 0 saturated carbocycles.